The molecule has 1 amide bonds. The number of amides is 1. The van der Waals surface area contributed by atoms with E-state index in [0.717, 1.165) is 17.8 Å². The maximum absolute atomic E-state index is 12.3. The number of nitrogens with zero attached hydrogens (tertiary/aromatic N) is 2. The van der Waals surface area contributed by atoms with Gasteiger partial charge in [0.1, 0.15) is 0 Å². The van der Waals surface area contributed by atoms with E-state index in [9.17, 15) is 4.79 Å². The van der Waals surface area contributed by atoms with Gasteiger partial charge in [-0.15, -0.1) is 0 Å². The normalized spacial score (nSPS) is 12.1. The van der Waals surface area contributed by atoms with Crippen molar-refractivity contribution in [3.05, 3.63) is 47.8 Å². The van der Waals surface area contributed by atoms with Gasteiger partial charge in [-0.2, -0.15) is 5.10 Å². The molecule has 0 saturated carbocycles. The highest BCUT2D eigenvalue weighted by Gasteiger charge is 2.16. The molecule has 1 heterocycles. The topological polar surface area (TPSA) is 67.2 Å². The first-order valence-corrected chi connectivity index (χ1v) is 7.15. The van der Waals surface area contributed by atoms with Crippen LogP contribution in [0.25, 0.3) is 5.69 Å². The number of aliphatic hydroxyl groups is 1. The molecule has 0 fully saturated rings. The predicted octanol–water partition coefficient (Wildman–Crippen LogP) is 2.07. The lowest BCUT2D eigenvalue weighted by Crippen LogP contribution is -2.32. The van der Waals surface area contributed by atoms with Gasteiger partial charge in [0.25, 0.3) is 5.91 Å². The first-order valence-electron chi connectivity index (χ1n) is 7.15. The summed E-state index contributed by atoms with van der Waals surface area (Å²) in [6.07, 6.45) is 3.04. The number of carbonyl (C=O) groups excluding carboxylic acids is 1. The number of aliphatic hydroxyl groups excluding tert-OH is 1. The smallest absolute Gasteiger partial charge is 0.254 e. The van der Waals surface area contributed by atoms with E-state index in [1.165, 1.54) is 0 Å². The van der Waals surface area contributed by atoms with Crippen molar-refractivity contribution in [1.29, 1.82) is 0 Å². The summed E-state index contributed by atoms with van der Waals surface area (Å²) in [4.78, 5) is 12.3. The third kappa shape index (κ3) is 3.70. The molecule has 0 spiro atoms. The van der Waals surface area contributed by atoms with Crippen LogP contribution in [-0.4, -0.2) is 33.4 Å². The highest BCUT2D eigenvalue weighted by molar-refractivity contribution is 5.95. The Kier molecular flexibility index (Phi) is 5.11. The average molecular weight is 287 g/mol. The average Bonchev–Trinajstić information content (AvgIpc) is 2.87. The van der Waals surface area contributed by atoms with Crippen molar-refractivity contribution in [2.75, 3.05) is 6.61 Å². The lowest BCUT2D eigenvalue weighted by molar-refractivity contribution is 0.0936. The van der Waals surface area contributed by atoms with Gasteiger partial charge in [0.15, 0.2) is 0 Å². The molecule has 0 aliphatic carbocycles. The molecule has 112 valence electrons. The molecule has 5 heteroatoms. The lowest BCUT2D eigenvalue weighted by Gasteiger charge is -2.13. The monoisotopic (exact) mass is 287 g/mol. The Morgan fingerprint density at radius 3 is 2.76 bits per heavy atom. The van der Waals surface area contributed by atoms with Gasteiger partial charge in [0.2, 0.25) is 0 Å². The minimum absolute atomic E-state index is 0.0316. The van der Waals surface area contributed by atoms with E-state index >= 15 is 0 Å². The van der Waals surface area contributed by atoms with Crippen molar-refractivity contribution < 1.29 is 9.90 Å². The second kappa shape index (κ2) is 7.04. The third-order valence-electron chi connectivity index (χ3n) is 3.43. The first kappa shape index (κ1) is 15.3. The van der Waals surface area contributed by atoms with Crippen molar-refractivity contribution in [1.82, 2.24) is 15.1 Å². The second-order valence-electron chi connectivity index (χ2n) is 5.13. The minimum atomic E-state index is -0.125. The van der Waals surface area contributed by atoms with Crippen LogP contribution in [0.4, 0.5) is 0 Å². The number of nitrogens with one attached hydrogen (secondary N) is 1. The summed E-state index contributed by atoms with van der Waals surface area (Å²) in [7, 11) is 0. The molecule has 5 nitrogen and oxygen atoms in total. The van der Waals surface area contributed by atoms with Crippen LogP contribution in [0, 0.1) is 6.92 Å². The molecular formula is C16H21N3O2. The van der Waals surface area contributed by atoms with Crippen LogP contribution < -0.4 is 5.32 Å². The summed E-state index contributed by atoms with van der Waals surface area (Å²) in [6, 6.07) is 9.75. The fourth-order valence-corrected chi connectivity index (χ4v) is 2.23. The zero-order valence-electron chi connectivity index (χ0n) is 12.4. The molecule has 1 atom stereocenters. The zero-order valence-corrected chi connectivity index (χ0v) is 12.4. The van der Waals surface area contributed by atoms with Crippen LogP contribution in [-0.2, 0) is 0 Å². The lowest BCUT2D eigenvalue weighted by atomic mass is 10.1. The Morgan fingerprint density at radius 2 is 2.10 bits per heavy atom. The van der Waals surface area contributed by atoms with Crippen LogP contribution in [0.5, 0.6) is 0 Å². The molecule has 0 radical (unpaired) electrons. The van der Waals surface area contributed by atoms with Crippen molar-refractivity contribution in [3.8, 4) is 5.69 Å². The highest BCUT2D eigenvalue weighted by atomic mass is 16.3. The minimum Gasteiger partial charge on any atom is -0.396 e. The molecule has 2 rings (SSSR count). The summed E-state index contributed by atoms with van der Waals surface area (Å²) >= 11 is 0. The van der Waals surface area contributed by atoms with Crippen molar-refractivity contribution >= 4 is 5.91 Å². The van der Waals surface area contributed by atoms with E-state index in [1.54, 1.807) is 10.9 Å². The molecule has 21 heavy (non-hydrogen) atoms. The Labute approximate surface area is 124 Å². The Hall–Kier alpha value is -2.14. The fraction of sp³-hybridized carbons (Fsp3) is 0.375. The summed E-state index contributed by atoms with van der Waals surface area (Å²) < 4.78 is 1.76. The van der Waals surface area contributed by atoms with Gasteiger partial charge in [-0.3, -0.25) is 4.79 Å². The van der Waals surface area contributed by atoms with Gasteiger partial charge in [-0.1, -0.05) is 18.2 Å². The van der Waals surface area contributed by atoms with Gasteiger partial charge in [0.05, 0.1) is 23.1 Å². The van der Waals surface area contributed by atoms with Crippen LogP contribution in [0.1, 0.15) is 35.8 Å². The van der Waals surface area contributed by atoms with Crippen molar-refractivity contribution in [3.63, 3.8) is 0 Å². The van der Waals surface area contributed by atoms with Gasteiger partial charge < -0.3 is 10.4 Å². The number of hydrogen-bond donors (Lipinski definition) is 2. The standard InChI is InChI=1S/C16H21N3O2/c1-12(7-6-10-20)18-16(21)15-11-17-19(13(15)2)14-8-4-3-5-9-14/h3-5,8-9,11-12,20H,6-7,10H2,1-2H3,(H,18,21). The molecule has 1 aromatic heterocycles. The van der Waals surface area contributed by atoms with Gasteiger partial charge in [0, 0.05) is 12.6 Å². The third-order valence-corrected chi connectivity index (χ3v) is 3.43. The van der Waals surface area contributed by atoms with E-state index in [0.29, 0.717) is 12.0 Å². The van der Waals surface area contributed by atoms with Gasteiger partial charge >= 0.3 is 0 Å². The van der Waals surface area contributed by atoms with Gasteiger partial charge in [-0.05, 0) is 38.8 Å². The molecule has 0 aliphatic rings. The molecule has 2 N–H and O–H groups in total. The molecule has 0 saturated heterocycles. The first-order chi connectivity index (χ1) is 10.1. The Balaban J connectivity index is 2.11. The summed E-state index contributed by atoms with van der Waals surface area (Å²) in [5, 5.41) is 16.0. The fourth-order valence-electron chi connectivity index (χ4n) is 2.23. The number of carbonyl (C=O) groups is 1. The second-order valence-corrected chi connectivity index (χ2v) is 5.13. The quantitative estimate of drug-likeness (QED) is 0.854. The molecule has 1 unspecified atom stereocenters. The summed E-state index contributed by atoms with van der Waals surface area (Å²) in [5.41, 5.74) is 2.32. The maximum Gasteiger partial charge on any atom is 0.254 e. The number of aromatic nitrogens is 2. The number of para-hydroxylation sites is 1. The van der Waals surface area contributed by atoms with Crippen LogP contribution in [0.3, 0.4) is 0 Å². The maximum atomic E-state index is 12.3. The van der Waals surface area contributed by atoms with Crippen LogP contribution >= 0.6 is 0 Å². The summed E-state index contributed by atoms with van der Waals surface area (Å²) in [6.45, 7) is 3.96. The Morgan fingerprint density at radius 1 is 1.38 bits per heavy atom. The molecule has 0 aliphatic heterocycles. The molecule has 0 bridgehead atoms. The highest BCUT2D eigenvalue weighted by Crippen LogP contribution is 2.14. The zero-order chi connectivity index (χ0) is 15.2. The number of benzene rings is 1. The summed E-state index contributed by atoms with van der Waals surface area (Å²) in [5.74, 6) is -0.125. The molecule has 2 aromatic rings. The molecule has 1 aromatic carbocycles. The molecular weight excluding hydrogens is 266 g/mol. The number of rotatable bonds is 6. The van der Waals surface area contributed by atoms with Crippen molar-refractivity contribution in [2.45, 2.75) is 32.7 Å². The predicted molar refractivity (Wildman–Crippen MR) is 81.5 cm³/mol. The van der Waals surface area contributed by atoms with Gasteiger partial charge in [-0.25, -0.2) is 4.68 Å². The Bertz CT molecular complexity index is 593. The van der Waals surface area contributed by atoms with Crippen LogP contribution in [0.2, 0.25) is 0 Å². The van der Waals surface area contributed by atoms with Crippen LogP contribution in [0.15, 0.2) is 36.5 Å². The van der Waals surface area contributed by atoms with E-state index in [2.05, 4.69) is 10.4 Å². The SMILES string of the molecule is Cc1c(C(=O)NC(C)CCCO)cnn1-c1ccccc1. The van der Waals surface area contributed by atoms with E-state index in [-0.39, 0.29) is 18.6 Å². The van der Waals surface area contributed by atoms with E-state index in [4.69, 9.17) is 5.11 Å². The van der Waals surface area contributed by atoms with E-state index < -0.39 is 0 Å². The number of hydrogen-bond acceptors (Lipinski definition) is 3. The largest absolute Gasteiger partial charge is 0.396 e. The van der Waals surface area contributed by atoms with E-state index in [1.807, 2.05) is 44.2 Å². The van der Waals surface area contributed by atoms with Crippen molar-refractivity contribution in [2.24, 2.45) is 0 Å².